The lowest BCUT2D eigenvalue weighted by atomic mass is 10.1. The summed E-state index contributed by atoms with van der Waals surface area (Å²) in [7, 11) is -2.52. The highest BCUT2D eigenvalue weighted by atomic mass is 32.2. The molecule has 6 heteroatoms. The number of likely N-dealkylation sites (N-methyl/N-ethyl adjacent to an activating group) is 1. The number of unbranched alkanes of at least 4 members (excludes halogenated alkanes) is 4. The second kappa shape index (κ2) is 9.09. The average molecular weight is 291 g/mol. The molecule has 0 aliphatic carbocycles. The Balaban J connectivity index is 3.94. The third kappa shape index (κ3) is 9.67. The summed E-state index contributed by atoms with van der Waals surface area (Å²) in [5, 5.41) is 0. The van der Waals surface area contributed by atoms with Crippen molar-refractivity contribution in [2.45, 2.75) is 45.4 Å². The Morgan fingerprint density at radius 2 is 1.79 bits per heavy atom. The van der Waals surface area contributed by atoms with Crippen molar-refractivity contribution in [2.24, 2.45) is 0 Å². The first-order valence-corrected chi connectivity index (χ1v) is 8.27. The number of hydrogen-bond acceptors (Lipinski definition) is 3. The maximum Gasteiger partial charge on any atom is 0.266 e. The summed E-state index contributed by atoms with van der Waals surface area (Å²) in [6.07, 6.45) is 6.19. The molecular weight excluding hydrogens is 266 g/mol. The maximum absolute atomic E-state index is 11.8. The molecule has 0 radical (unpaired) electrons. The molecule has 0 rings (SSSR count). The Labute approximate surface area is 116 Å². The second-order valence-electron chi connectivity index (χ2n) is 4.78. The molecule has 0 bridgehead atoms. The first kappa shape index (κ1) is 18.1. The van der Waals surface area contributed by atoms with Gasteiger partial charge in [0.2, 0.25) is 5.91 Å². The van der Waals surface area contributed by atoms with Crippen LogP contribution in [0.5, 0.6) is 0 Å². The van der Waals surface area contributed by atoms with Gasteiger partial charge in [0.1, 0.15) is 0 Å². The summed E-state index contributed by atoms with van der Waals surface area (Å²) < 4.78 is 29.8. The molecule has 112 valence electrons. The van der Waals surface area contributed by atoms with E-state index < -0.39 is 15.9 Å². The quantitative estimate of drug-likeness (QED) is 0.380. The van der Waals surface area contributed by atoms with Gasteiger partial charge in [-0.15, -0.1) is 0 Å². The molecular formula is C13H25NO4S. The van der Waals surface area contributed by atoms with E-state index in [-0.39, 0.29) is 12.5 Å². The fourth-order valence-electron chi connectivity index (χ4n) is 1.67. The highest BCUT2D eigenvalue weighted by molar-refractivity contribution is 7.85. The largest absolute Gasteiger partial charge is 0.341 e. The van der Waals surface area contributed by atoms with Crippen molar-refractivity contribution < 1.29 is 17.8 Å². The average Bonchev–Trinajstić information content (AvgIpc) is 2.33. The van der Waals surface area contributed by atoms with Gasteiger partial charge in [-0.1, -0.05) is 39.2 Å². The minimum atomic E-state index is -4.03. The van der Waals surface area contributed by atoms with E-state index in [1.165, 1.54) is 24.8 Å². The molecule has 0 aliphatic heterocycles. The number of rotatable bonds is 10. The van der Waals surface area contributed by atoms with Crippen LogP contribution in [0.25, 0.3) is 0 Å². The molecule has 0 saturated heterocycles. The molecule has 0 aromatic carbocycles. The Morgan fingerprint density at radius 1 is 1.21 bits per heavy atom. The highest BCUT2D eigenvalue weighted by Crippen LogP contribution is 2.11. The van der Waals surface area contributed by atoms with Crippen LogP contribution < -0.4 is 0 Å². The first-order valence-electron chi connectivity index (χ1n) is 6.66. The third-order valence-corrected chi connectivity index (χ3v) is 3.61. The van der Waals surface area contributed by atoms with Gasteiger partial charge in [-0.25, -0.2) is 0 Å². The molecule has 5 nitrogen and oxygen atoms in total. The third-order valence-electron chi connectivity index (χ3n) is 2.92. The molecule has 19 heavy (non-hydrogen) atoms. The molecule has 1 N–H and O–H groups in total. The van der Waals surface area contributed by atoms with Crippen LogP contribution in [-0.2, 0) is 14.9 Å². The van der Waals surface area contributed by atoms with E-state index >= 15 is 0 Å². The normalized spacial score (nSPS) is 11.3. The van der Waals surface area contributed by atoms with Crippen LogP contribution >= 0.6 is 0 Å². The van der Waals surface area contributed by atoms with Crippen molar-refractivity contribution in [3.63, 3.8) is 0 Å². The fourth-order valence-corrected chi connectivity index (χ4v) is 2.18. The van der Waals surface area contributed by atoms with Gasteiger partial charge in [0.15, 0.2) is 0 Å². The summed E-state index contributed by atoms with van der Waals surface area (Å²) in [6.45, 7) is 5.86. The van der Waals surface area contributed by atoms with E-state index in [4.69, 9.17) is 4.55 Å². The van der Waals surface area contributed by atoms with Gasteiger partial charge in [-0.3, -0.25) is 9.35 Å². The van der Waals surface area contributed by atoms with Crippen LogP contribution in [0, 0.1) is 0 Å². The lowest BCUT2D eigenvalue weighted by Gasteiger charge is -2.17. The van der Waals surface area contributed by atoms with Gasteiger partial charge in [0.05, 0.1) is 5.75 Å². The second-order valence-corrected chi connectivity index (χ2v) is 6.35. The number of nitrogens with zero attached hydrogens (tertiary/aromatic N) is 1. The van der Waals surface area contributed by atoms with E-state index in [1.807, 2.05) is 0 Å². The summed E-state index contributed by atoms with van der Waals surface area (Å²) in [5.41, 5.74) is 0.495. The number of hydrogen-bond donors (Lipinski definition) is 1. The Morgan fingerprint density at radius 3 is 2.32 bits per heavy atom. The molecule has 0 fully saturated rings. The van der Waals surface area contributed by atoms with Crippen LogP contribution in [0.15, 0.2) is 12.2 Å². The topological polar surface area (TPSA) is 74.7 Å². The van der Waals surface area contributed by atoms with Crippen molar-refractivity contribution >= 4 is 16.0 Å². The Bertz CT molecular complexity index is 389. The minimum absolute atomic E-state index is 0.0213. The van der Waals surface area contributed by atoms with Gasteiger partial charge in [0.25, 0.3) is 10.1 Å². The van der Waals surface area contributed by atoms with Crippen molar-refractivity contribution in [1.82, 2.24) is 4.90 Å². The molecule has 0 unspecified atom stereocenters. The first-order chi connectivity index (χ1) is 8.78. The Hall–Kier alpha value is -0.880. The lowest BCUT2D eigenvalue weighted by molar-refractivity contribution is -0.125. The highest BCUT2D eigenvalue weighted by Gasteiger charge is 2.15. The fraction of sp³-hybridized carbons (Fsp3) is 0.769. The number of carbonyl (C=O) groups excluding carboxylic acids is 1. The molecule has 0 aromatic rings. The molecule has 0 aliphatic rings. The lowest BCUT2D eigenvalue weighted by Crippen LogP contribution is -2.32. The van der Waals surface area contributed by atoms with E-state index in [2.05, 4.69) is 13.5 Å². The maximum atomic E-state index is 11.8. The molecule has 0 spiro atoms. The minimum Gasteiger partial charge on any atom is -0.341 e. The van der Waals surface area contributed by atoms with Gasteiger partial charge >= 0.3 is 0 Å². The predicted molar refractivity (Wildman–Crippen MR) is 76.6 cm³/mol. The Kier molecular flexibility index (Phi) is 8.67. The summed E-state index contributed by atoms with van der Waals surface area (Å²) in [6, 6.07) is 0. The van der Waals surface area contributed by atoms with E-state index in [0.29, 0.717) is 12.0 Å². The van der Waals surface area contributed by atoms with Gasteiger partial charge in [0, 0.05) is 19.2 Å². The van der Waals surface area contributed by atoms with Crippen LogP contribution in [0.4, 0.5) is 0 Å². The van der Waals surface area contributed by atoms with Crippen molar-refractivity contribution in [3.05, 3.63) is 12.2 Å². The molecule has 0 atom stereocenters. The van der Waals surface area contributed by atoms with E-state index in [0.717, 1.165) is 19.3 Å². The molecule has 0 heterocycles. The van der Waals surface area contributed by atoms with Gasteiger partial charge in [-0.2, -0.15) is 8.42 Å². The van der Waals surface area contributed by atoms with Gasteiger partial charge < -0.3 is 4.90 Å². The van der Waals surface area contributed by atoms with E-state index in [1.54, 1.807) is 0 Å². The zero-order valence-corrected chi connectivity index (χ0v) is 12.7. The van der Waals surface area contributed by atoms with Crippen molar-refractivity contribution in [2.75, 3.05) is 19.3 Å². The SMILES string of the molecule is C=C(CCCCCCC)C(=O)N(C)CCS(=O)(=O)O. The van der Waals surface area contributed by atoms with Crippen LogP contribution in [0.3, 0.4) is 0 Å². The van der Waals surface area contributed by atoms with Crippen LogP contribution in [0.2, 0.25) is 0 Å². The molecule has 1 amide bonds. The van der Waals surface area contributed by atoms with E-state index in [9.17, 15) is 13.2 Å². The van der Waals surface area contributed by atoms with Crippen LogP contribution in [-0.4, -0.2) is 43.1 Å². The number of carbonyl (C=O) groups is 1. The van der Waals surface area contributed by atoms with Crippen molar-refractivity contribution in [1.29, 1.82) is 0 Å². The zero-order valence-electron chi connectivity index (χ0n) is 11.9. The molecule has 0 saturated carbocycles. The van der Waals surface area contributed by atoms with Crippen LogP contribution in [0.1, 0.15) is 45.4 Å². The number of amides is 1. The predicted octanol–water partition coefficient (Wildman–Crippen LogP) is 2.25. The van der Waals surface area contributed by atoms with Crippen molar-refractivity contribution in [3.8, 4) is 0 Å². The molecule has 0 aromatic heterocycles. The monoisotopic (exact) mass is 291 g/mol. The van der Waals surface area contributed by atoms with Gasteiger partial charge in [-0.05, 0) is 12.8 Å². The standard InChI is InChI=1S/C13H25NO4S/c1-4-5-6-7-8-9-12(2)13(15)14(3)10-11-19(16,17)18/h2,4-11H2,1,3H3,(H,16,17,18). The summed E-state index contributed by atoms with van der Waals surface area (Å²) >= 11 is 0. The smallest absolute Gasteiger partial charge is 0.266 e. The zero-order chi connectivity index (χ0) is 14.9. The summed E-state index contributed by atoms with van der Waals surface area (Å²) in [4.78, 5) is 13.1. The summed E-state index contributed by atoms with van der Waals surface area (Å²) in [5.74, 6) is -0.696.